The van der Waals surface area contributed by atoms with Gasteiger partial charge in [0.25, 0.3) is 5.91 Å². The van der Waals surface area contributed by atoms with Gasteiger partial charge in [0.1, 0.15) is 5.82 Å². The van der Waals surface area contributed by atoms with Crippen molar-refractivity contribution in [2.75, 3.05) is 6.54 Å². The average molecular weight is 425 g/mol. The van der Waals surface area contributed by atoms with Gasteiger partial charge in [-0.2, -0.15) is 0 Å². The summed E-state index contributed by atoms with van der Waals surface area (Å²) in [5, 5.41) is 1.06. The summed E-state index contributed by atoms with van der Waals surface area (Å²) in [6, 6.07) is 14.3. The fourth-order valence-corrected chi connectivity index (χ4v) is 5.41. The van der Waals surface area contributed by atoms with Crippen LogP contribution in [0.3, 0.4) is 0 Å². The number of halogens is 1. The van der Waals surface area contributed by atoms with Crippen LogP contribution < -0.4 is 5.73 Å². The van der Waals surface area contributed by atoms with Gasteiger partial charge < -0.3 is 10.6 Å². The van der Waals surface area contributed by atoms with Gasteiger partial charge in [0.15, 0.2) is 0 Å². The summed E-state index contributed by atoms with van der Waals surface area (Å²) in [6.07, 6.45) is 4.62. The SMILES string of the molecule is NC(=O)c1sc2ccccc2c1C[C@@H]1CCCCN1C(=O)CCc1ccc(F)cc1. The van der Waals surface area contributed by atoms with Crippen LogP contribution in [0.25, 0.3) is 10.1 Å². The average Bonchev–Trinajstić information content (AvgIpc) is 3.12. The third-order valence-corrected chi connectivity index (χ3v) is 7.08. The molecule has 6 heteroatoms. The van der Waals surface area contributed by atoms with Gasteiger partial charge in [-0.1, -0.05) is 30.3 Å². The molecule has 1 aromatic heterocycles. The van der Waals surface area contributed by atoms with Crippen LogP contribution >= 0.6 is 11.3 Å². The predicted octanol–water partition coefficient (Wildman–Crippen LogP) is 4.70. The minimum absolute atomic E-state index is 0.0653. The lowest BCUT2D eigenvalue weighted by molar-refractivity contribution is -0.134. The molecule has 0 spiro atoms. The molecule has 1 atom stereocenters. The largest absolute Gasteiger partial charge is 0.365 e. The molecule has 2 heterocycles. The normalized spacial score (nSPS) is 16.7. The van der Waals surface area contributed by atoms with Crippen molar-refractivity contribution in [3.8, 4) is 0 Å². The van der Waals surface area contributed by atoms with E-state index in [4.69, 9.17) is 5.73 Å². The second kappa shape index (κ2) is 8.96. The summed E-state index contributed by atoms with van der Waals surface area (Å²) < 4.78 is 14.1. The molecule has 0 bridgehead atoms. The summed E-state index contributed by atoms with van der Waals surface area (Å²) in [6.45, 7) is 0.737. The van der Waals surface area contributed by atoms with Crippen molar-refractivity contribution in [2.45, 2.75) is 44.6 Å². The highest BCUT2D eigenvalue weighted by Crippen LogP contribution is 2.34. The molecule has 1 fully saturated rings. The van der Waals surface area contributed by atoms with E-state index in [2.05, 4.69) is 0 Å². The topological polar surface area (TPSA) is 63.4 Å². The zero-order valence-corrected chi connectivity index (χ0v) is 17.6. The summed E-state index contributed by atoms with van der Waals surface area (Å²) in [5.74, 6) is -0.560. The summed E-state index contributed by atoms with van der Waals surface area (Å²) in [7, 11) is 0. The Kier molecular flexibility index (Phi) is 6.13. The van der Waals surface area contributed by atoms with Gasteiger partial charge in [0.05, 0.1) is 4.88 Å². The fourth-order valence-electron chi connectivity index (χ4n) is 4.32. The lowest BCUT2D eigenvalue weighted by atomic mass is 9.93. The van der Waals surface area contributed by atoms with Crippen LogP contribution in [0.2, 0.25) is 0 Å². The van der Waals surface area contributed by atoms with E-state index in [1.54, 1.807) is 12.1 Å². The fraction of sp³-hybridized carbons (Fsp3) is 0.333. The predicted molar refractivity (Wildman–Crippen MR) is 118 cm³/mol. The number of nitrogens with two attached hydrogens (primary N) is 1. The Balaban J connectivity index is 1.52. The number of rotatable bonds is 6. The van der Waals surface area contributed by atoms with Crippen molar-refractivity contribution in [1.82, 2.24) is 4.90 Å². The molecule has 2 aromatic carbocycles. The summed E-state index contributed by atoms with van der Waals surface area (Å²) in [5.41, 5.74) is 7.59. The van der Waals surface area contributed by atoms with Crippen LogP contribution in [-0.2, 0) is 17.6 Å². The molecule has 30 heavy (non-hydrogen) atoms. The van der Waals surface area contributed by atoms with Gasteiger partial charge in [0.2, 0.25) is 5.91 Å². The number of likely N-dealkylation sites (tertiary alicyclic amines) is 1. The number of fused-ring (bicyclic) bond motifs is 1. The van der Waals surface area contributed by atoms with Crippen LogP contribution in [0.15, 0.2) is 48.5 Å². The maximum atomic E-state index is 13.1. The minimum atomic E-state index is -0.406. The van der Waals surface area contributed by atoms with Gasteiger partial charge in [-0.3, -0.25) is 9.59 Å². The number of piperidine rings is 1. The van der Waals surface area contributed by atoms with Crippen molar-refractivity contribution in [1.29, 1.82) is 0 Å². The highest BCUT2D eigenvalue weighted by molar-refractivity contribution is 7.21. The van der Waals surface area contributed by atoms with E-state index in [-0.39, 0.29) is 17.8 Å². The van der Waals surface area contributed by atoms with Crippen molar-refractivity contribution in [3.05, 3.63) is 70.4 Å². The molecule has 4 nitrogen and oxygen atoms in total. The molecule has 1 aliphatic heterocycles. The molecule has 0 unspecified atom stereocenters. The maximum absolute atomic E-state index is 13.1. The molecule has 0 aliphatic carbocycles. The van der Waals surface area contributed by atoms with Crippen molar-refractivity contribution >= 4 is 33.2 Å². The number of thiophene rings is 1. The zero-order chi connectivity index (χ0) is 21.1. The first-order chi connectivity index (χ1) is 14.5. The number of hydrogen-bond acceptors (Lipinski definition) is 3. The van der Waals surface area contributed by atoms with Gasteiger partial charge in [-0.15, -0.1) is 11.3 Å². The molecule has 1 saturated heterocycles. The quantitative estimate of drug-likeness (QED) is 0.624. The Morgan fingerprint density at radius 1 is 1.10 bits per heavy atom. The smallest absolute Gasteiger partial charge is 0.259 e. The molecular formula is C24H25FN2O2S. The number of carbonyl (C=O) groups excluding carboxylic acids is 2. The lowest BCUT2D eigenvalue weighted by Gasteiger charge is -2.36. The first kappa shape index (κ1) is 20.5. The number of benzene rings is 2. The Bertz CT molecular complexity index is 1060. The van der Waals surface area contributed by atoms with Crippen LogP contribution in [0.5, 0.6) is 0 Å². The molecular weight excluding hydrogens is 399 g/mol. The van der Waals surface area contributed by atoms with E-state index in [0.717, 1.165) is 47.0 Å². The monoisotopic (exact) mass is 424 g/mol. The van der Waals surface area contributed by atoms with E-state index in [0.29, 0.717) is 24.1 Å². The van der Waals surface area contributed by atoms with E-state index in [1.165, 1.54) is 23.5 Å². The summed E-state index contributed by atoms with van der Waals surface area (Å²) >= 11 is 1.43. The first-order valence-corrected chi connectivity index (χ1v) is 11.2. The van der Waals surface area contributed by atoms with Crippen LogP contribution in [0.1, 0.15) is 46.5 Å². The van der Waals surface area contributed by atoms with E-state index in [9.17, 15) is 14.0 Å². The Hall–Kier alpha value is -2.73. The first-order valence-electron chi connectivity index (χ1n) is 10.4. The van der Waals surface area contributed by atoms with Crippen molar-refractivity contribution < 1.29 is 14.0 Å². The molecule has 1 aliphatic rings. The third-order valence-electron chi connectivity index (χ3n) is 5.85. The summed E-state index contributed by atoms with van der Waals surface area (Å²) in [4.78, 5) is 27.7. The van der Waals surface area contributed by atoms with Crippen LogP contribution in [0.4, 0.5) is 4.39 Å². The van der Waals surface area contributed by atoms with Crippen molar-refractivity contribution in [3.63, 3.8) is 0 Å². The second-order valence-corrected chi connectivity index (χ2v) is 8.89. The van der Waals surface area contributed by atoms with Gasteiger partial charge in [-0.05, 0) is 66.8 Å². The number of nitrogens with zero attached hydrogens (tertiary/aromatic N) is 1. The van der Waals surface area contributed by atoms with Gasteiger partial charge in [-0.25, -0.2) is 4.39 Å². The molecule has 2 amide bonds. The highest BCUT2D eigenvalue weighted by atomic mass is 32.1. The molecule has 0 radical (unpaired) electrons. The van der Waals surface area contributed by atoms with Crippen molar-refractivity contribution in [2.24, 2.45) is 5.73 Å². The zero-order valence-electron chi connectivity index (χ0n) is 16.8. The Morgan fingerprint density at radius 3 is 2.63 bits per heavy atom. The van der Waals surface area contributed by atoms with Gasteiger partial charge >= 0.3 is 0 Å². The maximum Gasteiger partial charge on any atom is 0.259 e. The molecule has 3 aromatic rings. The van der Waals surface area contributed by atoms with Crippen LogP contribution in [-0.4, -0.2) is 29.3 Å². The second-order valence-electron chi connectivity index (χ2n) is 7.84. The number of primary amides is 1. The van der Waals surface area contributed by atoms with Gasteiger partial charge in [0, 0.05) is 23.7 Å². The van der Waals surface area contributed by atoms with E-state index < -0.39 is 5.91 Å². The minimum Gasteiger partial charge on any atom is -0.365 e. The third kappa shape index (κ3) is 4.38. The molecule has 0 saturated carbocycles. The number of hydrogen-bond donors (Lipinski definition) is 1. The number of aryl methyl sites for hydroxylation is 1. The Labute approximate surface area is 179 Å². The van der Waals surface area contributed by atoms with Crippen LogP contribution in [0, 0.1) is 5.82 Å². The van der Waals surface area contributed by atoms with E-state index >= 15 is 0 Å². The highest BCUT2D eigenvalue weighted by Gasteiger charge is 2.29. The Morgan fingerprint density at radius 2 is 1.87 bits per heavy atom. The number of amides is 2. The lowest BCUT2D eigenvalue weighted by Crippen LogP contribution is -2.45. The number of carbonyl (C=O) groups is 2. The standard InChI is InChI=1S/C24H25FN2O2S/c25-17-11-8-16(9-12-17)10-13-22(28)27-14-4-3-5-18(27)15-20-19-6-1-2-7-21(19)30-23(20)24(26)29/h1-2,6-9,11-12,18H,3-5,10,13-15H2,(H2,26,29)/t18-/m0/s1. The molecule has 2 N–H and O–H groups in total. The molecule has 4 rings (SSSR count). The molecule has 156 valence electrons. The van der Waals surface area contributed by atoms with E-state index in [1.807, 2.05) is 29.2 Å².